The Labute approximate surface area is 284 Å². The Morgan fingerprint density at radius 3 is 2.39 bits per heavy atom. The first-order valence-electron chi connectivity index (χ1n) is 16.4. The van der Waals surface area contributed by atoms with E-state index < -0.39 is 39.9 Å². The van der Waals surface area contributed by atoms with Crippen LogP contribution in [0.4, 0.5) is 24.5 Å². The highest BCUT2D eigenvalue weighted by Crippen LogP contribution is 2.46. The molecule has 0 saturated carbocycles. The number of amides is 1. The van der Waals surface area contributed by atoms with Crippen LogP contribution < -0.4 is 15.4 Å². The fourth-order valence-corrected chi connectivity index (χ4v) is 7.67. The number of halogens is 3. The molecule has 0 bridgehead atoms. The predicted octanol–water partition coefficient (Wildman–Crippen LogP) is 6.32. The van der Waals surface area contributed by atoms with E-state index in [1.807, 2.05) is 63.7 Å². The Morgan fingerprint density at radius 2 is 1.76 bits per heavy atom. The van der Waals surface area contributed by atoms with Crippen molar-refractivity contribution in [3.05, 3.63) is 93.5 Å². The van der Waals surface area contributed by atoms with Gasteiger partial charge in [0.15, 0.2) is 5.82 Å². The molecule has 1 saturated heterocycles. The number of phenolic OH excluding ortho intramolecular Hbond substituents is 1. The molecule has 1 N–H and O–H groups in total. The van der Waals surface area contributed by atoms with Crippen LogP contribution in [0.15, 0.2) is 53.8 Å². The van der Waals surface area contributed by atoms with Crippen molar-refractivity contribution < 1.29 is 23.1 Å². The van der Waals surface area contributed by atoms with Gasteiger partial charge in [-0.1, -0.05) is 38.6 Å². The van der Waals surface area contributed by atoms with Crippen LogP contribution in [0.5, 0.6) is 5.75 Å². The van der Waals surface area contributed by atoms with Gasteiger partial charge in [-0.2, -0.15) is 0 Å². The Bertz CT molecular complexity index is 2050. The summed E-state index contributed by atoms with van der Waals surface area (Å²) in [5, 5.41) is 10.8. The molecule has 1 aromatic heterocycles. The quantitative estimate of drug-likeness (QED) is 0.242. The normalized spacial score (nSPS) is 17.6. The smallest absolute Gasteiger partial charge is 0.281 e. The number of nitrogens with zero attached hydrogens (tertiary/aromatic N) is 5. The summed E-state index contributed by atoms with van der Waals surface area (Å²) in [4.78, 5) is 35.3. The number of aryl methyl sites for hydroxylation is 1. The standard InChI is InChI=1S/C38H42F3N5O3/c1-9-30(48)44-19-24-18-43(8)37-36(45(24)16-22(44)5)26-15-28(40)32(31-27(39)11-10-12-29(31)47)33(41)35(26)46(38(37)49)34-21(4)13-23(17-42(6)7)14-25(34)20(2)3/h9-15,20,22,24,47H,1,16-19H2,2-8H3. The van der Waals surface area contributed by atoms with Gasteiger partial charge in [0.1, 0.15) is 23.1 Å². The van der Waals surface area contributed by atoms with Crippen LogP contribution in [-0.2, 0) is 11.3 Å². The zero-order valence-corrected chi connectivity index (χ0v) is 28.9. The van der Waals surface area contributed by atoms with E-state index in [1.165, 1.54) is 16.7 Å². The minimum absolute atomic E-state index is 0.0918. The molecule has 258 valence electrons. The van der Waals surface area contributed by atoms with Gasteiger partial charge >= 0.3 is 0 Å². The fourth-order valence-electron chi connectivity index (χ4n) is 7.67. The minimum atomic E-state index is -1.17. The van der Waals surface area contributed by atoms with Gasteiger partial charge in [0.2, 0.25) is 5.91 Å². The maximum Gasteiger partial charge on any atom is 0.281 e. The molecule has 2 atom stereocenters. The Morgan fingerprint density at radius 1 is 1.04 bits per heavy atom. The number of phenols is 1. The summed E-state index contributed by atoms with van der Waals surface area (Å²) < 4.78 is 50.4. The van der Waals surface area contributed by atoms with Crippen molar-refractivity contribution in [2.75, 3.05) is 50.6 Å². The van der Waals surface area contributed by atoms with E-state index in [1.54, 1.807) is 16.8 Å². The van der Waals surface area contributed by atoms with E-state index in [-0.39, 0.29) is 40.5 Å². The third-order valence-corrected chi connectivity index (χ3v) is 9.73. The van der Waals surface area contributed by atoms with Gasteiger partial charge in [0, 0.05) is 44.7 Å². The van der Waals surface area contributed by atoms with E-state index in [0.717, 1.165) is 29.3 Å². The van der Waals surface area contributed by atoms with E-state index in [2.05, 4.69) is 6.58 Å². The van der Waals surface area contributed by atoms with Crippen molar-refractivity contribution in [2.24, 2.45) is 0 Å². The van der Waals surface area contributed by atoms with Gasteiger partial charge in [-0.25, -0.2) is 13.2 Å². The van der Waals surface area contributed by atoms with Crippen LogP contribution in [-0.4, -0.2) is 78.2 Å². The van der Waals surface area contributed by atoms with Gasteiger partial charge in [0.25, 0.3) is 5.56 Å². The first kappa shape index (κ1) is 34.1. The number of rotatable bonds is 6. The molecular weight excluding hydrogens is 631 g/mol. The maximum atomic E-state index is 17.4. The average molecular weight is 674 g/mol. The summed E-state index contributed by atoms with van der Waals surface area (Å²) in [6.45, 7) is 13.0. The average Bonchev–Trinajstić information content (AvgIpc) is 3.02. The number of hydrogen-bond donors (Lipinski definition) is 1. The molecule has 3 heterocycles. The molecule has 8 nitrogen and oxygen atoms in total. The van der Waals surface area contributed by atoms with Gasteiger partial charge in [-0.05, 0) is 74.8 Å². The van der Waals surface area contributed by atoms with E-state index >= 15 is 18.0 Å². The number of piperazine rings is 1. The molecular formula is C38H42F3N5O3. The number of hydrogen-bond acceptors (Lipinski definition) is 6. The highest BCUT2D eigenvalue weighted by Gasteiger charge is 2.42. The molecule has 49 heavy (non-hydrogen) atoms. The summed E-state index contributed by atoms with van der Waals surface area (Å²) in [5.41, 5.74) is 1.48. The largest absolute Gasteiger partial charge is 0.507 e. The van der Waals surface area contributed by atoms with Crippen molar-refractivity contribution in [1.82, 2.24) is 14.4 Å². The number of pyridine rings is 1. The molecule has 0 radical (unpaired) electrons. The molecule has 0 spiro atoms. The second kappa shape index (κ2) is 12.6. The number of fused-ring (bicyclic) bond motifs is 5. The first-order chi connectivity index (χ1) is 23.2. The van der Waals surface area contributed by atoms with Crippen molar-refractivity contribution in [3.63, 3.8) is 0 Å². The van der Waals surface area contributed by atoms with E-state index in [4.69, 9.17) is 0 Å². The molecule has 0 aliphatic carbocycles. The lowest BCUT2D eigenvalue weighted by Gasteiger charge is -2.51. The van der Waals surface area contributed by atoms with Crippen LogP contribution in [0.3, 0.4) is 0 Å². The third-order valence-electron chi connectivity index (χ3n) is 9.73. The number of aromatic hydroxyl groups is 1. The molecule has 2 aliphatic rings. The van der Waals surface area contributed by atoms with Crippen LogP contribution >= 0.6 is 0 Å². The lowest BCUT2D eigenvalue weighted by molar-refractivity contribution is -0.128. The van der Waals surface area contributed by atoms with Gasteiger partial charge in [-0.15, -0.1) is 0 Å². The highest BCUT2D eigenvalue weighted by molar-refractivity contribution is 6.03. The van der Waals surface area contributed by atoms with E-state index in [9.17, 15) is 9.90 Å². The SMILES string of the molecule is C=CC(=O)N1CC2CN(C)c3c(c4cc(F)c(-c5c(O)cccc5F)c(F)c4n(-c4c(C)cc(CN(C)C)cc4C(C)C)c3=O)N2CC1C. The van der Waals surface area contributed by atoms with Crippen molar-refractivity contribution in [2.45, 2.75) is 52.2 Å². The lowest BCUT2D eigenvalue weighted by Crippen LogP contribution is -2.64. The summed E-state index contributed by atoms with van der Waals surface area (Å²) in [6, 6.07) is 7.95. The molecule has 3 aromatic carbocycles. The van der Waals surface area contributed by atoms with E-state index in [0.29, 0.717) is 43.1 Å². The van der Waals surface area contributed by atoms with Gasteiger partial charge < -0.3 is 24.7 Å². The van der Waals surface area contributed by atoms with Crippen molar-refractivity contribution in [3.8, 4) is 22.6 Å². The first-order valence-corrected chi connectivity index (χ1v) is 16.4. The lowest BCUT2D eigenvalue weighted by atomic mass is 9.92. The molecule has 6 rings (SSSR count). The summed E-state index contributed by atoms with van der Waals surface area (Å²) in [6.07, 6.45) is 1.27. The monoisotopic (exact) mass is 673 g/mol. The number of benzene rings is 3. The fraction of sp³-hybridized carbons (Fsp3) is 0.368. The Kier molecular flexibility index (Phi) is 8.77. The second-order valence-electron chi connectivity index (χ2n) is 13.9. The van der Waals surface area contributed by atoms with Crippen molar-refractivity contribution >= 4 is 28.2 Å². The minimum Gasteiger partial charge on any atom is -0.507 e. The number of likely N-dealkylation sites (N-methyl/N-ethyl adjacent to an activating group) is 1. The topological polar surface area (TPSA) is 72.3 Å². The Hall–Kier alpha value is -4.77. The highest BCUT2D eigenvalue weighted by atomic mass is 19.1. The molecule has 4 aromatic rings. The zero-order chi connectivity index (χ0) is 35.6. The van der Waals surface area contributed by atoms with Crippen LogP contribution in [0.1, 0.15) is 43.4 Å². The summed E-state index contributed by atoms with van der Waals surface area (Å²) >= 11 is 0. The maximum absolute atomic E-state index is 17.4. The van der Waals surface area contributed by atoms with Crippen LogP contribution in [0.25, 0.3) is 27.7 Å². The van der Waals surface area contributed by atoms with Crippen LogP contribution in [0.2, 0.25) is 0 Å². The second-order valence-corrected chi connectivity index (χ2v) is 13.9. The Balaban J connectivity index is 1.77. The van der Waals surface area contributed by atoms with Gasteiger partial charge in [0.05, 0.1) is 34.1 Å². The molecule has 2 unspecified atom stereocenters. The molecule has 1 fully saturated rings. The van der Waals surface area contributed by atoms with Crippen molar-refractivity contribution in [1.29, 1.82) is 0 Å². The molecule has 1 amide bonds. The number of carbonyl (C=O) groups excluding carboxylic acids is 1. The van der Waals surface area contributed by atoms with Gasteiger partial charge in [-0.3, -0.25) is 14.2 Å². The zero-order valence-electron chi connectivity index (χ0n) is 28.9. The summed E-state index contributed by atoms with van der Waals surface area (Å²) in [7, 11) is 5.68. The molecule has 11 heteroatoms. The number of aromatic nitrogens is 1. The third kappa shape index (κ3) is 5.53. The molecule has 2 aliphatic heterocycles. The predicted molar refractivity (Wildman–Crippen MR) is 189 cm³/mol. The number of anilines is 2. The summed E-state index contributed by atoms with van der Waals surface area (Å²) in [5.74, 6) is -4.20. The van der Waals surface area contributed by atoms with Crippen LogP contribution in [0, 0.1) is 24.4 Å². The number of carbonyl (C=O) groups is 1.